The molecule has 120 valence electrons. The van der Waals surface area contributed by atoms with Crippen molar-refractivity contribution in [2.45, 2.75) is 51.7 Å². The van der Waals surface area contributed by atoms with Crippen LogP contribution < -0.4 is 10.1 Å². The van der Waals surface area contributed by atoms with Gasteiger partial charge < -0.3 is 14.8 Å². The van der Waals surface area contributed by atoms with Crippen LogP contribution in [0.1, 0.15) is 49.9 Å². The standard InChI is InChI=1S/C17H23NO4/c1-3-21-15-10-8-13(9-11-15)17(20)22-12(2)16(19)18-14-6-4-5-7-14/h8-12,14H,3-7H2,1-2H3,(H,18,19)/t12-/m1/s1. The summed E-state index contributed by atoms with van der Waals surface area (Å²) >= 11 is 0. The molecule has 0 heterocycles. The van der Waals surface area contributed by atoms with Gasteiger partial charge in [0.2, 0.25) is 0 Å². The highest BCUT2D eigenvalue weighted by atomic mass is 16.5. The third-order valence-electron chi connectivity index (χ3n) is 3.76. The van der Waals surface area contributed by atoms with Crippen LogP contribution >= 0.6 is 0 Å². The van der Waals surface area contributed by atoms with Gasteiger partial charge in [-0.1, -0.05) is 12.8 Å². The fraction of sp³-hybridized carbons (Fsp3) is 0.529. The minimum absolute atomic E-state index is 0.221. The summed E-state index contributed by atoms with van der Waals surface area (Å²) in [7, 11) is 0. The van der Waals surface area contributed by atoms with Gasteiger partial charge in [0.25, 0.3) is 5.91 Å². The lowest BCUT2D eigenvalue weighted by Gasteiger charge is -2.17. The van der Waals surface area contributed by atoms with Crippen LogP contribution in [0.5, 0.6) is 5.75 Å². The molecule has 0 radical (unpaired) electrons. The van der Waals surface area contributed by atoms with Gasteiger partial charge in [-0.05, 0) is 51.0 Å². The van der Waals surface area contributed by atoms with Crippen molar-refractivity contribution in [1.82, 2.24) is 5.32 Å². The predicted molar refractivity (Wildman–Crippen MR) is 82.9 cm³/mol. The van der Waals surface area contributed by atoms with Gasteiger partial charge in [-0.15, -0.1) is 0 Å². The molecule has 5 nitrogen and oxygen atoms in total. The number of carbonyl (C=O) groups excluding carboxylic acids is 2. The zero-order chi connectivity index (χ0) is 15.9. The average Bonchev–Trinajstić information content (AvgIpc) is 3.01. The molecule has 0 aromatic heterocycles. The van der Waals surface area contributed by atoms with Gasteiger partial charge in [-0.25, -0.2) is 4.79 Å². The van der Waals surface area contributed by atoms with Gasteiger partial charge in [0.05, 0.1) is 12.2 Å². The third kappa shape index (κ3) is 4.48. The van der Waals surface area contributed by atoms with Crippen molar-refractivity contribution in [3.8, 4) is 5.75 Å². The molecule has 1 aromatic carbocycles. The molecule has 1 aliphatic rings. The molecule has 1 saturated carbocycles. The van der Waals surface area contributed by atoms with Crippen LogP contribution in [0.2, 0.25) is 0 Å². The van der Waals surface area contributed by atoms with E-state index in [0.717, 1.165) is 25.7 Å². The lowest BCUT2D eigenvalue weighted by molar-refractivity contribution is -0.129. The molecule has 0 unspecified atom stereocenters. The van der Waals surface area contributed by atoms with Crippen LogP contribution in [0.4, 0.5) is 0 Å². The summed E-state index contributed by atoms with van der Waals surface area (Å²) in [4.78, 5) is 24.0. The van der Waals surface area contributed by atoms with Gasteiger partial charge in [0.15, 0.2) is 6.10 Å². The molecule has 1 N–H and O–H groups in total. The smallest absolute Gasteiger partial charge is 0.338 e. The fourth-order valence-electron chi connectivity index (χ4n) is 2.52. The highest BCUT2D eigenvalue weighted by molar-refractivity contribution is 5.92. The van der Waals surface area contributed by atoms with Crippen molar-refractivity contribution < 1.29 is 19.1 Å². The van der Waals surface area contributed by atoms with Crippen molar-refractivity contribution >= 4 is 11.9 Å². The van der Waals surface area contributed by atoms with Crippen LogP contribution in [-0.2, 0) is 9.53 Å². The van der Waals surface area contributed by atoms with Crippen molar-refractivity contribution in [2.24, 2.45) is 0 Å². The second kappa shape index (κ2) is 7.82. The zero-order valence-corrected chi connectivity index (χ0v) is 13.1. The van der Waals surface area contributed by atoms with Crippen molar-refractivity contribution in [1.29, 1.82) is 0 Å². The maximum atomic E-state index is 12.0. The van der Waals surface area contributed by atoms with E-state index in [9.17, 15) is 9.59 Å². The minimum Gasteiger partial charge on any atom is -0.494 e. The summed E-state index contributed by atoms with van der Waals surface area (Å²) in [6.45, 7) is 4.06. The van der Waals surface area contributed by atoms with E-state index in [1.807, 2.05) is 6.92 Å². The van der Waals surface area contributed by atoms with Crippen LogP contribution in [-0.4, -0.2) is 30.6 Å². The molecular weight excluding hydrogens is 282 g/mol. The number of rotatable bonds is 6. The summed E-state index contributed by atoms with van der Waals surface area (Å²) in [6.07, 6.45) is 3.51. The number of esters is 1. The van der Waals surface area contributed by atoms with E-state index in [1.165, 1.54) is 0 Å². The van der Waals surface area contributed by atoms with E-state index in [1.54, 1.807) is 31.2 Å². The fourth-order valence-corrected chi connectivity index (χ4v) is 2.52. The van der Waals surface area contributed by atoms with Gasteiger partial charge in [0, 0.05) is 6.04 Å². The summed E-state index contributed by atoms with van der Waals surface area (Å²) < 4.78 is 10.5. The van der Waals surface area contributed by atoms with E-state index in [2.05, 4.69) is 5.32 Å². The van der Waals surface area contributed by atoms with E-state index in [4.69, 9.17) is 9.47 Å². The van der Waals surface area contributed by atoms with E-state index in [0.29, 0.717) is 17.9 Å². The number of hydrogen-bond donors (Lipinski definition) is 1. The van der Waals surface area contributed by atoms with E-state index >= 15 is 0 Å². The van der Waals surface area contributed by atoms with Crippen LogP contribution in [0, 0.1) is 0 Å². The van der Waals surface area contributed by atoms with Crippen molar-refractivity contribution in [3.63, 3.8) is 0 Å². The van der Waals surface area contributed by atoms with Gasteiger partial charge in [-0.3, -0.25) is 4.79 Å². The first kappa shape index (κ1) is 16.3. The van der Waals surface area contributed by atoms with E-state index in [-0.39, 0.29) is 11.9 Å². The largest absolute Gasteiger partial charge is 0.494 e. The normalized spacial score (nSPS) is 16.1. The lowest BCUT2D eigenvalue weighted by atomic mass is 10.2. The molecule has 1 atom stereocenters. The highest BCUT2D eigenvalue weighted by Gasteiger charge is 2.23. The maximum absolute atomic E-state index is 12.0. The Bertz CT molecular complexity index is 506. The number of nitrogens with one attached hydrogen (secondary N) is 1. The molecular formula is C17H23NO4. The number of benzene rings is 1. The lowest BCUT2D eigenvalue weighted by Crippen LogP contribution is -2.40. The molecule has 1 aliphatic carbocycles. The topological polar surface area (TPSA) is 64.6 Å². The summed E-state index contributed by atoms with van der Waals surface area (Å²) in [6, 6.07) is 6.91. The molecule has 1 amide bonds. The number of hydrogen-bond acceptors (Lipinski definition) is 4. The first-order chi connectivity index (χ1) is 10.6. The highest BCUT2D eigenvalue weighted by Crippen LogP contribution is 2.18. The van der Waals surface area contributed by atoms with Crippen LogP contribution in [0.15, 0.2) is 24.3 Å². The zero-order valence-electron chi connectivity index (χ0n) is 13.1. The SMILES string of the molecule is CCOc1ccc(C(=O)O[C@H](C)C(=O)NC2CCCC2)cc1. The molecule has 2 rings (SSSR count). The Hall–Kier alpha value is -2.04. The Balaban J connectivity index is 1.85. The predicted octanol–water partition coefficient (Wildman–Crippen LogP) is 2.69. The molecule has 5 heteroatoms. The molecule has 0 spiro atoms. The molecule has 1 aromatic rings. The minimum atomic E-state index is -0.792. The number of ether oxygens (including phenoxy) is 2. The van der Waals surface area contributed by atoms with E-state index < -0.39 is 12.1 Å². The number of amides is 1. The summed E-state index contributed by atoms with van der Waals surface area (Å²) in [5.74, 6) is -0.0330. The first-order valence-electron chi connectivity index (χ1n) is 7.84. The average molecular weight is 305 g/mol. The third-order valence-corrected chi connectivity index (χ3v) is 3.76. The van der Waals surface area contributed by atoms with Gasteiger partial charge in [0.1, 0.15) is 5.75 Å². The maximum Gasteiger partial charge on any atom is 0.338 e. The Morgan fingerprint density at radius 1 is 1.23 bits per heavy atom. The summed E-state index contributed by atoms with van der Waals surface area (Å²) in [5, 5.41) is 2.93. The second-order valence-corrected chi connectivity index (χ2v) is 5.49. The molecule has 1 fully saturated rings. The number of carbonyl (C=O) groups is 2. The molecule has 0 aliphatic heterocycles. The first-order valence-corrected chi connectivity index (χ1v) is 7.84. The van der Waals surface area contributed by atoms with Crippen molar-refractivity contribution in [2.75, 3.05) is 6.61 Å². The van der Waals surface area contributed by atoms with Crippen molar-refractivity contribution in [3.05, 3.63) is 29.8 Å². The Labute approximate surface area is 131 Å². The van der Waals surface area contributed by atoms with Crippen LogP contribution in [0.3, 0.4) is 0 Å². The van der Waals surface area contributed by atoms with Gasteiger partial charge >= 0.3 is 5.97 Å². The Morgan fingerprint density at radius 3 is 2.45 bits per heavy atom. The molecule has 0 bridgehead atoms. The summed E-state index contributed by atoms with van der Waals surface area (Å²) in [5.41, 5.74) is 0.406. The Kier molecular flexibility index (Phi) is 5.81. The quantitative estimate of drug-likeness (QED) is 0.821. The molecule has 22 heavy (non-hydrogen) atoms. The second-order valence-electron chi connectivity index (χ2n) is 5.49. The van der Waals surface area contributed by atoms with Crippen LogP contribution in [0.25, 0.3) is 0 Å². The molecule has 0 saturated heterocycles. The Morgan fingerprint density at radius 2 is 1.86 bits per heavy atom. The van der Waals surface area contributed by atoms with Gasteiger partial charge in [-0.2, -0.15) is 0 Å². The monoisotopic (exact) mass is 305 g/mol.